The van der Waals surface area contributed by atoms with Gasteiger partial charge in [-0.05, 0) is 6.07 Å². The van der Waals surface area contributed by atoms with E-state index in [1.54, 1.807) is 6.33 Å². The Hall–Kier alpha value is -1.01. The molecule has 56 valence electrons. The van der Waals surface area contributed by atoms with Crippen molar-refractivity contribution < 1.29 is 0 Å². The molecule has 3 heteroatoms. The molecule has 0 saturated carbocycles. The molecule has 0 spiro atoms. The fourth-order valence-electron chi connectivity index (χ4n) is 0.923. The fourth-order valence-corrected chi connectivity index (χ4v) is 0.923. The van der Waals surface area contributed by atoms with E-state index in [0.29, 0.717) is 0 Å². The van der Waals surface area contributed by atoms with Gasteiger partial charge < -0.3 is 0 Å². The topological polar surface area (TPSA) is 25.8 Å². The zero-order valence-corrected chi connectivity index (χ0v) is 7.48. The standard InChI is InChI=1S/C8H6N2.H3P/c1-2-4-8-7(3-1)5-9-6-10-8;/h1-6H;1H3. The first kappa shape index (κ1) is 8.09. The third kappa shape index (κ3) is 1.52. The zero-order valence-electron chi connectivity index (χ0n) is 6.07. The molecule has 1 atom stereocenters. The van der Waals surface area contributed by atoms with Crippen molar-refractivity contribution in [1.29, 1.82) is 0 Å². The normalized spacial score (nSPS) is 9.09. The molecule has 1 aromatic heterocycles. The van der Waals surface area contributed by atoms with Crippen LogP contribution in [0, 0.1) is 0 Å². The molecule has 1 aromatic carbocycles. The van der Waals surface area contributed by atoms with Crippen LogP contribution in [0.25, 0.3) is 10.9 Å². The maximum atomic E-state index is 4.07. The predicted octanol–water partition coefficient (Wildman–Crippen LogP) is 1.69. The molecule has 1 unspecified atom stereocenters. The number of nitrogens with zero attached hydrogens (tertiary/aromatic N) is 2. The summed E-state index contributed by atoms with van der Waals surface area (Å²) in [6.45, 7) is 0. The molecule has 11 heavy (non-hydrogen) atoms. The van der Waals surface area contributed by atoms with Gasteiger partial charge in [0.2, 0.25) is 0 Å². The second-order valence-electron chi connectivity index (χ2n) is 2.08. The molecule has 0 fully saturated rings. The van der Waals surface area contributed by atoms with Gasteiger partial charge in [-0.2, -0.15) is 9.90 Å². The maximum absolute atomic E-state index is 4.07. The Kier molecular flexibility index (Phi) is 2.50. The Morgan fingerprint density at radius 1 is 1.09 bits per heavy atom. The van der Waals surface area contributed by atoms with E-state index in [2.05, 4.69) is 9.97 Å². The molecule has 0 aliphatic heterocycles. The molecule has 2 rings (SSSR count). The quantitative estimate of drug-likeness (QED) is 0.553. The Labute approximate surface area is 68.3 Å². The number of benzene rings is 1. The summed E-state index contributed by atoms with van der Waals surface area (Å²) in [6.07, 6.45) is 3.37. The predicted molar refractivity (Wildman–Crippen MR) is 50.6 cm³/mol. The third-order valence-electron chi connectivity index (χ3n) is 1.41. The number of hydrogen-bond donors (Lipinski definition) is 0. The van der Waals surface area contributed by atoms with Gasteiger partial charge in [0.15, 0.2) is 0 Å². The van der Waals surface area contributed by atoms with Crippen molar-refractivity contribution in [3.05, 3.63) is 36.8 Å². The van der Waals surface area contributed by atoms with Crippen LogP contribution in [-0.4, -0.2) is 9.97 Å². The van der Waals surface area contributed by atoms with E-state index in [1.807, 2.05) is 30.5 Å². The van der Waals surface area contributed by atoms with E-state index in [4.69, 9.17) is 0 Å². The summed E-state index contributed by atoms with van der Waals surface area (Å²) in [6, 6.07) is 7.91. The molecule has 0 bridgehead atoms. The fraction of sp³-hybridized carbons (Fsp3) is 0. The molecule has 0 amide bonds. The van der Waals surface area contributed by atoms with Crippen molar-refractivity contribution in [1.82, 2.24) is 9.97 Å². The maximum Gasteiger partial charge on any atom is 0.116 e. The van der Waals surface area contributed by atoms with E-state index >= 15 is 0 Å². The number of rotatable bonds is 0. The van der Waals surface area contributed by atoms with Crippen molar-refractivity contribution in [3.63, 3.8) is 0 Å². The van der Waals surface area contributed by atoms with Crippen LogP contribution in [0.3, 0.4) is 0 Å². The van der Waals surface area contributed by atoms with Gasteiger partial charge >= 0.3 is 0 Å². The molecule has 0 aliphatic rings. The largest absolute Gasteiger partial charge is 0.244 e. The lowest BCUT2D eigenvalue weighted by atomic mass is 10.2. The summed E-state index contributed by atoms with van der Waals surface area (Å²) in [7, 11) is 0. The minimum absolute atomic E-state index is 0. The first-order valence-corrected chi connectivity index (χ1v) is 3.11. The van der Waals surface area contributed by atoms with Crippen LogP contribution in [0.15, 0.2) is 36.8 Å². The van der Waals surface area contributed by atoms with Crippen LogP contribution in [0.2, 0.25) is 0 Å². The highest BCUT2D eigenvalue weighted by Crippen LogP contribution is 2.06. The average molecular weight is 164 g/mol. The molecule has 0 saturated heterocycles. The highest BCUT2D eigenvalue weighted by atomic mass is 31.0. The number of para-hydroxylation sites is 1. The average Bonchev–Trinajstić information content (AvgIpc) is 2.05. The first-order valence-electron chi connectivity index (χ1n) is 3.11. The van der Waals surface area contributed by atoms with Gasteiger partial charge in [0.25, 0.3) is 0 Å². The Morgan fingerprint density at radius 3 is 2.73 bits per heavy atom. The molecule has 1 heterocycles. The number of fused-ring (bicyclic) bond motifs is 1. The number of aromatic nitrogens is 2. The van der Waals surface area contributed by atoms with Crippen LogP contribution in [0.5, 0.6) is 0 Å². The van der Waals surface area contributed by atoms with Crippen molar-refractivity contribution >= 4 is 20.8 Å². The third-order valence-corrected chi connectivity index (χ3v) is 1.41. The minimum Gasteiger partial charge on any atom is -0.244 e. The zero-order chi connectivity index (χ0) is 6.81. The van der Waals surface area contributed by atoms with Crippen molar-refractivity contribution in [2.45, 2.75) is 0 Å². The van der Waals surface area contributed by atoms with Crippen LogP contribution in [0.1, 0.15) is 0 Å². The van der Waals surface area contributed by atoms with E-state index < -0.39 is 0 Å². The van der Waals surface area contributed by atoms with Gasteiger partial charge in [0.05, 0.1) is 5.52 Å². The van der Waals surface area contributed by atoms with Crippen LogP contribution >= 0.6 is 9.90 Å². The molecular formula is C8H9N2P. The van der Waals surface area contributed by atoms with E-state index in [-0.39, 0.29) is 9.90 Å². The minimum atomic E-state index is 0. The van der Waals surface area contributed by atoms with Gasteiger partial charge in [0, 0.05) is 11.6 Å². The summed E-state index contributed by atoms with van der Waals surface area (Å²) in [5.74, 6) is 0. The molecule has 0 aliphatic carbocycles. The van der Waals surface area contributed by atoms with E-state index in [1.165, 1.54) is 0 Å². The first-order chi connectivity index (χ1) is 4.97. The van der Waals surface area contributed by atoms with Gasteiger partial charge in [0.1, 0.15) is 6.33 Å². The molecule has 2 aromatic rings. The Morgan fingerprint density at radius 2 is 1.91 bits per heavy atom. The SMILES string of the molecule is P.c1ccc2ncncc2c1. The lowest BCUT2D eigenvalue weighted by molar-refractivity contribution is 1.22. The van der Waals surface area contributed by atoms with Crippen molar-refractivity contribution in [2.24, 2.45) is 0 Å². The van der Waals surface area contributed by atoms with Crippen LogP contribution in [-0.2, 0) is 0 Å². The van der Waals surface area contributed by atoms with Crippen molar-refractivity contribution in [3.8, 4) is 0 Å². The van der Waals surface area contributed by atoms with Crippen molar-refractivity contribution in [2.75, 3.05) is 0 Å². The van der Waals surface area contributed by atoms with Gasteiger partial charge in [-0.15, -0.1) is 0 Å². The summed E-state index contributed by atoms with van der Waals surface area (Å²) < 4.78 is 0. The number of hydrogen-bond acceptors (Lipinski definition) is 2. The molecule has 2 nitrogen and oxygen atoms in total. The monoisotopic (exact) mass is 164 g/mol. The van der Waals surface area contributed by atoms with E-state index in [0.717, 1.165) is 10.9 Å². The van der Waals surface area contributed by atoms with Crippen LogP contribution < -0.4 is 0 Å². The molecular weight excluding hydrogens is 155 g/mol. The summed E-state index contributed by atoms with van der Waals surface area (Å²) >= 11 is 0. The smallest absolute Gasteiger partial charge is 0.116 e. The highest BCUT2D eigenvalue weighted by Gasteiger charge is 1.87. The summed E-state index contributed by atoms with van der Waals surface area (Å²) in [4.78, 5) is 7.97. The summed E-state index contributed by atoms with van der Waals surface area (Å²) in [5, 5.41) is 1.09. The lowest BCUT2D eigenvalue weighted by Crippen LogP contribution is -1.77. The molecule has 0 N–H and O–H groups in total. The Balaban J connectivity index is 0.000000605. The highest BCUT2D eigenvalue weighted by molar-refractivity contribution is 6.92. The molecule has 0 radical (unpaired) electrons. The summed E-state index contributed by atoms with van der Waals surface area (Å²) in [5.41, 5.74) is 0.998. The Bertz CT molecular complexity index is 283. The van der Waals surface area contributed by atoms with Gasteiger partial charge in [-0.25, -0.2) is 9.97 Å². The van der Waals surface area contributed by atoms with Gasteiger partial charge in [-0.1, -0.05) is 18.2 Å². The second kappa shape index (κ2) is 3.40. The second-order valence-corrected chi connectivity index (χ2v) is 2.08. The van der Waals surface area contributed by atoms with E-state index in [9.17, 15) is 0 Å². The van der Waals surface area contributed by atoms with Crippen LogP contribution in [0.4, 0.5) is 0 Å². The lowest BCUT2D eigenvalue weighted by Gasteiger charge is -1.90. The van der Waals surface area contributed by atoms with Gasteiger partial charge in [-0.3, -0.25) is 0 Å².